The second-order valence-electron chi connectivity index (χ2n) is 3.56. The molecule has 3 nitrogen and oxygen atoms in total. The van der Waals surface area contributed by atoms with Gasteiger partial charge in [-0.15, -0.1) is 11.8 Å². The van der Waals surface area contributed by atoms with E-state index in [4.69, 9.17) is 9.47 Å². The highest BCUT2D eigenvalue weighted by Gasteiger charge is 2.17. The van der Waals surface area contributed by atoms with Crippen molar-refractivity contribution in [3.63, 3.8) is 0 Å². The summed E-state index contributed by atoms with van der Waals surface area (Å²) >= 11 is 0. The van der Waals surface area contributed by atoms with Gasteiger partial charge in [-0.3, -0.25) is 0 Å². The highest BCUT2D eigenvalue weighted by Crippen LogP contribution is 2.35. The first-order chi connectivity index (χ1) is 8.24. The number of hydrogen-bond donors (Lipinski definition) is 1. The monoisotopic (exact) mass is 234 g/mol. The Hall–Kier alpha value is -1.66. The lowest BCUT2D eigenvalue weighted by Crippen LogP contribution is -2.03. The van der Waals surface area contributed by atoms with Crippen LogP contribution < -0.4 is 9.47 Å². The van der Waals surface area contributed by atoms with E-state index in [2.05, 4.69) is 11.8 Å². The van der Waals surface area contributed by atoms with E-state index >= 15 is 0 Å². The molecule has 3 heteroatoms. The molecule has 0 bridgehead atoms. The van der Waals surface area contributed by atoms with E-state index in [1.165, 1.54) is 0 Å². The van der Waals surface area contributed by atoms with Crippen LogP contribution in [0.15, 0.2) is 18.2 Å². The molecule has 17 heavy (non-hydrogen) atoms. The van der Waals surface area contributed by atoms with E-state index in [1.807, 2.05) is 18.2 Å². The van der Waals surface area contributed by atoms with E-state index in [0.717, 1.165) is 0 Å². The molecule has 1 rings (SSSR count). The summed E-state index contributed by atoms with van der Waals surface area (Å²) in [5.74, 6) is 7.02. The van der Waals surface area contributed by atoms with Gasteiger partial charge >= 0.3 is 0 Å². The Morgan fingerprint density at radius 1 is 1.24 bits per heavy atom. The zero-order chi connectivity index (χ0) is 12.7. The van der Waals surface area contributed by atoms with E-state index in [-0.39, 0.29) is 0 Å². The van der Waals surface area contributed by atoms with Crippen molar-refractivity contribution in [2.45, 2.75) is 25.9 Å². The zero-order valence-electron chi connectivity index (χ0n) is 10.5. The molecule has 0 aromatic heterocycles. The van der Waals surface area contributed by atoms with Gasteiger partial charge in [-0.25, -0.2) is 0 Å². The van der Waals surface area contributed by atoms with Gasteiger partial charge < -0.3 is 14.6 Å². The van der Waals surface area contributed by atoms with Gasteiger partial charge in [0.15, 0.2) is 0 Å². The van der Waals surface area contributed by atoms with Gasteiger partial charge in [0.2, 0.25) is 0 Å². The lowest BCUT2D eigenvalue weighted by molar-refractivity contribution is 0.161. The first-order valence-corrected chi connectivity index (χ1v) is 5.53. The maximum atomic E-state index is 10.1. The maximum absolute atomic E-state index is 10.1. The summed E-state index contributed by atoms with van der Waals surface area (Å²) in [5.41, 5.74) is 0.690. The molecular weight excluding hydrogens is 216 g/mol. The molecule has 0 fully saturated rings. The highest BCUT2D eigenvalue weighted by molar-refractivity contribution is 5.46. The summed E-state index contributed by atoms with van der Waals surface area (Å²) in [5, 5.41) is 10.1. The van der Waals surface area contributed by atoms with Crippen LogP contribution in [0.5, 0.6) is 11.5 Å². The quantitative estimate of drug-likeness (QED) is 0.796. The van der Waals surface area contributed by atoms with Crippen molar-refractivity contribution in [3.05, 3.63) is 23.8 Å². The third kappa shape index (κ3) is 3.40. The Kier molecular flexibility index (Phi) is 5.38. The van der Waals surface area contributed by atoms with Gasteiger partial charge in [0, 0.05) is 6.42 Å². The fraction of sp³-hybridized carbons (Fsp3) is 0.429. The second kappa shape index (κ2) is 6.82. The van der Waals surface area contributed by atoms with Crippen LogP contribution in [0.4, 0.5) is 0 Å². The second-order valence-corrected chi connectivity index (χ2v) is 3.56. The Bertz CT molecular complexity index is 393. The Labute approximate surface area is 102 Å². The molecule has 0 saturated carbocycles. The summed E-state index contributed by atoms with van der Waals surface area (Å²) in [6, 6.07) is 5.46. The van der Waals surface area contributed by atoms with E-state index < -0.39 is 6.10 Å². The average molecular weight is 234 g/mol. The maximum Gasteiger partial charge on any atom is 0.128 e. The predicted molar refractivity (Wildman–Crippen MR) is 67.2 cm³/mol. The van der Waals surface area contributed by atoms with Crippen LogP contribution in [0.1, 0.15) is 31.4 Å². The minimum atomic E-state index is -0.623. The van der Waals surface area contributed by atoms with E-state index in [9.17, 15) is 5.11 Å². The SMILES string of the molecule is CC#CCCC(O)c1c(OC)cccc1OC. The summed E-state index contributed by atoms with van der Waals surface area (Å²) in [7, 11) is 3.16. The Morgan fingerprint density at radius 2 is 1.82 bits per heavy atom. The summed E-state index contributed by atoms with van der Waals surface area (Å²) < 4.78 is 10.5. The van der Waals surface area contributed by atoms with Gasteiger partial charge in [-0.05, 0) is 25.5 Å². The third-order valence-corrected chi connectivity index (χ3v) is 2.52. The third-order valence-electron chi connectivity index (χ3n) is 2.52. The fourth-order valence-electron chi connectivity index (χ4n) is 1.69. The van der Waals surface area contributed by atoms with Crippen molar-refractivity contribution in [2.75, 3.05) is 14.2 Å². The molecule has 0 saturated heterocycles. The van der Waals surface area contributed by atoms with Crippen LogP contribution >= 0.6 is 0 Å². The molecule has 0 aliphatic carbocycles. The zero-order valence-corrected chi connectivity index (χ0v) is 10.5. The van der Waals surface area contributed by atoms with Crippen molar-refractivity contribution in [1.82, 2.24) is 0 Å². The molecule has 1 aromatic rings. The largest absolute Gasteiger partial charge is 0.496 e. The van der Waals surface area contributed by atoms with Gasteiger partial charge in [-0.2, -0.15) is 0 Å². The topological polar surface area (TPSA) is 38.7 Å². The number of ether oxygens (including phenoxy) is 2. The lowest BCUT2D eigenvalue weighted by atomic mass is 10.0. The van der Waals surface area contributed by atoms with Crippen LogP contribution in [-0.4, -0.2) is 19.3 Å². The van der Waals surface area contributed by atoms with Crippen LogP contribution in [0.25, 0.3) is 0 Å². The van der Waals surface area contributed by atoms with Crippen molar-refractivity contribution in [2.24, 2.45) is 0 Å². The van der Waals surface area contributed by atoms with Gasteiger partial charge in [0.1, 0.15) is 11.5 Å². The summed E-state index contributed by atoms with van der Waals surface area (Å²) in [6.45, 7) is 1.79. The van der Waals surface area contributed by atoms with Gasteiger partial charge in [-0.1, -0.05) is 6.07 Å². The van der Waals surface area contributed by atoms with Gasteiger partial charge in [0.05, 0.1) is 25.9 Å². The fourth-order valence-corrected chi connectivity index (χ4v) is 1.69. The molecule has 0 amide bonds. The highest BCUT2D eigenvalue weighted by atomic mass is 16.5. The molecule has 0 aliphatic rings. The standard InChI is InChI=1S/C14H18O3/c1-4-5-6-8-11(15)14-12(16-2)9-7-10-13(14)17-3/h7,9-11,15H,6,8H2,1-3H3. The minimum Gasteiger partial charge on any atom is -0.496 e. The van der Waals surface area contributed by atoms with E-state index in [0.29, 0.717) is 29.9 Å². The first-order valence-electron chi connectivity index (χ1n) is 5.53. The smallest absolute Gasteiger partial charge is 0.128 e. The molecule has 0 aliphatic heterocycles. The van der Waals surface area contributed by atoms with Crippen LogP contribution in [0, 0.1) is 11.8 Å². The number of methoxy groups -OCH3 is 2. The number of rotatable bonds is 5. The normalized spacial score (nSPS) is 11.3. The Balaban J connectivity index is 2.95. The summed E-state index contributed by atoms with van der Waals surface area (Å²) in [6.07, 6.45) is 0.595. The average Bonchev–Trinajstić information content (AvgIpc) is 2.37. The molecule has 0 spiro atoms. The molecule has 1 aromatic carbocycles. The number of benzene rings is 1. The molecule has 1 atom stereocenters. The minimum absolute atomic E-state index is 0.567. The van der Waals surface area contributed by atoms with Crippen LogP contribution in [-0.2, 0) is 0 Å². The molecule has 0 heterocycles. The van der Waals surface area contributed by atoms with Crippen LogP contribution in [0.3, 0.4) is 0 Å². The molecule has 0 radical (unpaired) electrons. The molecular formula is C14H18O3. The number of hydrogen-bond acceptors (Lipinski definition) is 3. The lowest BCUT2D eigenvalue weighted by Gasteiger charge is -2.17. The van der Waals surface area contributed by atoms with Crippen molar-refractivity contribution < 1.29 is 14.6 Å². The molecule has 1 N–H and O–H groups in total. The van der Waals surface area contributed by atoms with Crippen LogP contribution in [0.2, 0.25) is 0 Å². The Morgan fingerprint density at radius 3 is 2.29 bits per heavy atom. The number of aliphatic hydroxyl groups excluding tert-OH is 1. The van der Waals surface area contributed by atoms with Crippen molar-refractivity contribution >= 4 is 0 Å². The van der Waals surface area contributed by atoms with E-state index in [1.54, 1.807) is 21.1 Å². The first kappa shape index (κ1) is 13.4. The van der Waals surface area contributed by atoms with Crippen molar-refractivity contribution in [1.29, 1.82) is 0 Å². The number of aliphatic hydroxyl groups is 1. The van der Waals surface area contributed by atoms with Crippen molar-refractivity contribution in [3.8, 4) is 23.3 Å². The molecule has 92 valence electrons. The summed E-state index contributed by atoms with van der Waals surface area (Å²) in [4.78, 5) is 0. The van der Waals surface area contributed by atoms with Gasteiger partial charge in [0.25, 0.3) is 0 Å². The predicted octanol–water partition coefficient (Wildman–Crippen LogP) is 2.54. The molecule has 1 unspecified atom stereocenters.